The molecular formula is C17H18N2O2S. The maximum atomic E-state index is 12.9. The van der Waals surface area contributed by atoms with E-state index in [9.17, 15) is 4.79 Å². The van der Waals surface area contributed by atoms with Crippen LogP contribution in [0.1, 0.15) is 48.4 Å². The number of aromatic nitrogens is 1. The highest BCUT2D eigenvalue weighted by atomic mass is 32.2. The second-order valence-corrected chi connectivity index (χ2v) is 7.51. The van der Waals surface area contributed by atoms with Crippen LogP contribution in [0.15, 0.2) is 39.8 Å². The molecule has 4 nitrogen and oxygen atoms in total. The van der Waals surface area contributed by atoms with E-state index in [-0.39, 0.29) is 5.91 Å². The first-order valence-electron chi connectivity index (χ1n) is 7.76. The molecule has 0 unspecified atom stereocenters. The number of thioether (sulfide) groups is 1. The number of nitrogens with zero attached hydrogens (tertiary/aromatic N) is 2. The lowest BCUT2D eigenvalue weighted by Gasteiger charge is -2.21. The van der Waals surface area contributed by atoms with Gasteiger partial charge in [0.15, 0.2) is 5.69 Å². The van der Waals surface area contributed by atoms with Gasteiger partial charge in [-0.3, -0.25) is 4.79 Å². The van der Waals surface area contributed by atoms with Gasteiger partial charge in [0.1, 0.15) is 5.76 Å². The van der Waals surface area contributed by atoms with E-state index in [0.717, 1.165) is 42.2 Å². The Morgan fingerprint density at radius 2 is 2.14 bits per heavy atom. The topological polar surface area (TPSA) is 46.3 Å². The predicted molar refractivity (Wildman–Crippen MR) is 86.5 cm³/mol. The van der Waals surface area contributed by atoms with Gasteiger partial charge in [0.05, 0.1) is 5.69 Å². The van der Waals surface area contributed by atoms with Gasteiger partial charge in [-0.05, 0) is 31.4 Å². The van der Waals surface area contributed by atoms with Gasteiger partial charge in [-0.15, -0.1) is 11.8 Å². The number of benzene rings is 1. The summed E-state index contributed by atoms with van der Waals surface area (Å²) in [7, 11) is 0. The molecule has 2 aliphatic rings. The molecule has 1 saturated carbocycles. The molecule has 22 heavy (non-hydrogen) atoms. The van der Waals surface area contributed by atoms with Crippen LogP contribution in [-0.4, -0.2) is 22.9 Å². The van der Waals surface area contributed by atoms with Crippen molar-refractivity contribution in [1.82, 2.24) is 5.16 Å². The molecule has 1 aromatic carbocycles. The molecule has 0 N–H and O–H groups in total. The first-order valence-corrected chi connectivity index (χ1v) is 8.64. The number of anilines is 1. The van der Waals surface area contributed by atoms with Crippen LogP contribution in [0.3, 0.4) is 0 Å². The summed E-state index contributed by atoms with van der Waals surface area (Å²) in [4.78, 5) is 15.9. The maximum absolute atomic E-state index is 12.9. The highest BCUT2D eigenvalue weighted by Gasteiger charge is 2.31. The van der Waals surface area contributed by atoms with Crippen molar-refractivity contribution in [2.45, 2.75) is 42.2 Å². The Morgan fingerprint density at radius 3 is 2.95 bits per heavy atom. The molecule has 0 saturated heterocycles. The zero-order valence-corrected chi connectivity index (χ0v) is 13.3. The molecule has 2 heterocycles. The minimum atomic E-state index is -0.0576. The molecule has 0 radical (unpaired) electrons. The van der Waals surface area contributed by atoms with E-state index in [2.05, 4.69) is 18.1 Å². The number of hydrogen-bond acceptors (Lipinski definition) is 4. The third kappa shape index (κ3) is 2.54. The van der Waals surface area contributed by atoms with E-state index in [1.165, 1.54) is 0 Å². The van der Waals surface area contributed by atoms with Gasteiger partial charge in [0.25, 0.3) is 5.91 Å². The molecule has 4 rings (SSSR count). The zero-order chi connectivity index (χ0) is 15.1. The number of fused-ring (bicyclic) bond motifs is 1. The second-order valence-electron chi connectivity index (χ2n) is 6.03. The van der Waals surface area contributed by atoms with Crippen LogP contribution >= 0.6 is 11.8 Å². The second kappa shape index (κ2) is 5.47. The SMILES string of the molecule is C[C@H]1CCN(C(=O)c2cc(C3CC3)on2)c2ccccc2S1. The lowest BCUT2D eigenvalue weighted by Crippen LogP contribution is -2.32. The molecule has 1 aromatic heterocycles. The Morgan fingerprint density at radius 1 is 1.32 bits per heavy atom. The molecule has 1 atom stereocenters. The molecule has 114 valence electrons. The Labute approximate surface area is 133 Å². The number of rotatable bonds is 2. The lowest BCUT2D eigenvalue weighted by molar-refractivity contribution is 0.0977. The predicted octanol–water partition coefficient (Wildman–Crippen LogP) is 4.08. The molecule has 0 bridgehead atoms. The van der Waals surface area contributed by atoms with Crippen molar-refractivity contribution in [3.63, 3.8) is 0 Å². The fourth-order valence-corrected chi connectivity index (χ4v) is 3.90. The normalized spacial score (nSPS) is 21.3. The summed E-state index contributed by atoms with van der Waals surface area (Å²) in [6, 6.07) is 9.92. The molecular weight excluding hydrogens is 296 g/mol. The summed E-state index contributed by atoms with van der Waals surface area (Å²) in [5, 5.41) is 4.50. The summed E-state index contributed by atoms with van der Waals surface area (Å²) in [6.45, 7) is 2.92. The van der Waals surface area contributed by atoms with Gasteiger partial charge in [0.2, 0.25) is 0 Å². The summed E-state index contributed by atoms with van der Waals surface area (Å²) in [5.74, 6) is 1.27. The monoisotopic (exact) mass is 314 g/mol. The number of carbonyl (C=O) groups excluding carboxylic acids is 1. The van der Waals surface area contributed by atoms with E-state index in [1.807, 2.05) is 40.9 Å². The zero-order valence-electron chi connectivity index (χ0n) is 12.5. The average Bonchev–Trinajstić information content (AvgIpc) is 3.28. The van der Waals surface area contributed by atoms with Gasteiger partial charge in [0, 0.05) is 28.7 Å². The van der Waals surface area contributed by atoms with Crippen LogP contribution in [0.5, 0.6) is 0 Å². The number of carbonyl (C=O) groups is 1. The van der Waals surface area contributed by atoms with Crippen molar-refractivity contribution in [2.24, 2.45) is 0 Å². The maximum Gasteiger partial charge on any atom is 0.280 e. The van der Waals surface area contributed by atoms with Crippen molar-refractivity contribution in [1.29, 1.82) is 0 Å². The molecule has 1 fully saturated rings. The van der Waals surface area contributed by atoms with Crippen LogP contribution in [0.4, 0.5) is 5.69 Å². The average molecular weight is 314 g/mol. The standard InChI is InChI=1S/C17H18N2O2S/c1-11-8-9-19(14-4-2-3-5-16(14)22-11)17(20)13-10-15(21-18-13)12-6-7-12/h2-5,10-12H,6-9H2,1H3/t11-/m0/s1. The molecule has 1 aliphatic carbocycles. The molecule has 5 heteroatoms. The van der Waals surface area contributed by atoms with Gasteiger partial charge in [-0.1, -0.05) is 24.2 Å². The third-order valence-corrected chi connectivity index (χ3v) is 5.45. The van der Waals surface area contributed by atoms with Crippen molar-refractivity contribution < 1.29 is 9.32 Å². The van der Waals surface area contributed by atoms with Gasteiger partial charge >= 0.3 is 0 Å². The minimum absolute atomic E-state index is 0.0576. The molecule has 1 aliphatic heterocycles. The highest BCUT2D eigenvalue weighted by Crippen LogP contribution is 2.41. The quantitative estimate of drug-likeness (QED) is 0.838. The van der Waals surface area contributed by atoms with Gasteiger partial charge < -0.3 is 9.42 Å². The van der Waals surface area contributed by atoms with Gasteiger partial charge in [-0.25, -0.2) is 0 Å². The Balaban J connectivity index is 1.66. The third-order valence-electron chi connectivity index (χ3n) is 4.22. The van der Waals surface area contributed by atoms with Crippen LogP contribution in [0.2, 0.25) is 0 Å². The number of hydrogen-bond donors (Lipinski definition) is 0. The fraction of sp³-hybridized carbons (Fsp3) is 0.412. The Hall–Kier alpha value is -1.75. The van der Waals surface area contributed by atoms with Crippen molar-refractivity contribution in [3.8, 4) is 0 Å². The smallest absolute Gasteiger partial charge is 0.280 e. The molecule has 1 amide bonds. The molecule has 2 aromatic rings. The van der Waals surface area contributed by atoms with Crippen molar-refractivity contribution >= 4 is 23.4 Å². The first-order chi connectivity index (χ1) is 10.7. The van der Waals surface area contributed by atoms with Crippen LogP contribution in [-0.2, 0) is 0 Å². The number of para-hydroxylation sites is 1. The lowest BCUT2D eigenvalue weighted by atomic mass is 10.2. The van der Waals surface area contributed by atoms with E-state index < -0.39 is 0 Å². The van der Waals surface area contributed by atoms with E-state index in [4.69, 9.17) is 4.52 Å². The fourth-order valence-electron chi connectivity index (χ4n) is 2.79. The summed E-state index contributed by atoms with van der Waals surface area (Å²) < 4.78 is 5.34. The minimum Gasteiger partial charge on any atom is -0.360 e. The molecule has 0 spiro atoms. The van der Waals surface area contributed by atoms with Crippen LogP contribution in [0.25, 0.3) is 0 Å². The Bertz CT molecular complexity index is 708. The largest absolute Gasteiger partial charge is 0.360 e. The Kier molecular flexibility index (Phi) is 3.45. The van der Waals surface area contributed by atoms with E-state index in [0.29, 0.717) is 16.9 Å². The number of amides is 1. The van der Waals surface area contributed by atoms with Crippen molar-refractivity contribution in [2.75, 3.05) is 11.4 Å². The summed E-state index contributed by atoms with van der Waals surface area (Å²) in [6.07, 6.45) is 3.26. The van der Waals surface area contributed by atoms with E-state index in [1.54, 1.807) is 0 Å². The van der Waals surface area contributed by atoms with Crippen LogP contribution in [0, 0.1) is 0 Å². The summed E-state index contributed by atoms with van der Waals surface area (Å²) in [5.41, 5.74) is 1.41. The summed E-state index contributed by atoms with van der Waals surface area (Å²) >= 11 is 1.83. The van der Waals surface area contributed by atoms with Crippen molar-refractivity contribution in [3.05, 3.63) is 41.8 Å². The van der Waals surface area contributed by atoms with Crippen LogP contribution < -0.4 is 4.90 Å². The van der Waals surface area contributed by atoms with E-state index >= 15 is 0 Å². The highest BCUT2D eigenvalue weighted by molar-refractivity contribution is 8.00. The first kappa shape index (κ1) is 13.9. The van der Waals surface area contributed by atoms with Gasteiger partial charge in [-0.2, -0.15) is 0 Å².